The maximum absolute atomic E-state index is 13.9. The van der Waals surface area contributed by atoms with Crippen molar-refractivity contribution in [2.75, 3.05) is 27.8 Å². The number of methoxy groups -OCH3 is 2. The Morgan fingerprint density at radius 1 is 1.02 bits per heavy atom. The lowest BCUT2D eigenvalue weighted by molar-refractivity contribution is -0.148. The number of ether oxygens (including phenoxy) is 2. The predicted octanol–water partition coefficient (Wildman–Crippen LogP) is 4.44. The first-order chi connectivity index (χ1) is 20.3. The van der Waals surface area contributed by atoms with Crippen LogP contribution in [-0.4, -0.2) is 90.8 Å². The third-order valence-electron chi connectivity index (χ3n) is 9.63. The quantitative estimate of drug-likeness (QED) is 0.289. The molecule has 43 heavy (non-hydrogen) atoms. The first-order valence-corrected chi connectivity index (χ1v) is 16.0. The molecule has 9 nitrogen and oxygen atoms in total. The van der Waals surface area contributed by atoms with E-state index in [1.807, 2.05) is 63.1 Å². The maximum atomic E-state index is 13.9. The van der Waals surface area contributed by atoms with Gasteiger partial charge in [-0.2, -0.15) is 0 Å². The second-order valence-corrected chi connectivity index (χ2v) is 12.8. The summed E-state index contributed by atoms with van der Waals surface area (Å²) in [5, 5.41) is 13.7. The monoisotopic (exact) mass is 603 g/mol. The fourth-order valence-corrected chi connectivity index (χ4v) is 6.29. The second-order valence-electron chi connectivity index (χ2n) is 12.8. The van der Waals surface area contributed by atoms with E-state index in [2.05, 4.69) is 19.2 Å². The van der Waals surface area contributed by atoms with Crippen LogP contribution in [0, 0.1) is 23.7 Å². The van der Waals surface area contributed by atoms with Crippen molar-refractivity contribution in [1.29, 1.82) is 0 Å². The number of aliphatic hydroxyl groups is 1. The molecule has 2 N–H and O–H groups in total. The standard InChI is InChI=1S/C34H57N3O6/c1-11-22(4)30(36(8)34(41)23(5)21(2)3)28(42-9)20-29(38)37-19-15-18-27(37)32(43-10)24(6)33(40)35-25(7)31(39)26-16-13-12-14-17-26/h12-14,16-17,21-25,27-28,30-32,39H,11,15,18-20H2,1-10H3,(H,35,40)/t22?,23-,24?,25?,27-,28?,30-,31?,32?/m0/s1. The van der Waals surface area contributed by atoms with Crippen LogP contribution in [0.2, 0.25) is 0 Å². The minimum Gasteiger partial charge on any atom is -0.386 e. The summed E-state index contributed by atoms with van der Waals surface area (Å²) in [7, 11) is 5.00. The molecule has 9 atom stereocenters. The molecule has 1 aromatic rings. The molecule has 0 bridgehead atoms. The maximum Gasteiger partial charge on any atom is 0.225 e. The van der Waals surface area contributed by atoms with E-state index in [4.69, 9.17) is 9.47 Å². The first kappa shape index (κ1) is 36.7. The largest absolute Gasteiger partial charge is 0.386 e. The third-order valence-corrected chi connectivity index (χ3v) is 9.63. The van der Waals surface area contributed by atoms with Crippen molar-refractivity contribution >= 4 is 17.7 Å². The van der Waals surface area contributed by atoms with Crippen molar-refractivity contribution in [2.24, 2.45) is 23.7 Å². The van der Waals surface area contributed by atoms with Crippen LogP contribution >= 0.6 is 0 Å². The van der Waals surface area contributed by atoms with E-state index in [9.17, 15) is 19.5 Å². The molecule has 3 amide bonds. The number of likely N-dealkylation sites (tertiary alicyclic amines) is 1. The lowest BCUT2D eigenvalue weighted by atomic mass is 9.88. The van der Waals surface area contributed by atoms with E-state index in [0.717, 1.165) is 24.8 Å². The zero-order valence-electron chi connectivity index (χ0n) is 28.1. The van der Waals surface area contributed by atoms with Crippen molar-refractivity contribution in [1.82, 2.24) is 15.1 Å². The Labute approximate surface area is 259 Å². The predicted molar refractivity (Wildman–Crippen MR) is 169 cm³/mol. The highest BCUT2D eigenvalue weighted by Gasteiger charge is 2.42. The summed E-state index contributed by atoms with van der Waals surface area (Å²) >= 11 is 0. The van der Waals surface area contributed by atoms with Crippen LogP contribution in [0.25, 0.3) is 0 Å². The smallest absolute Gasteiger partial charge is 0.225 e. The molecule has 1 fully saturated rings. The molecule has 1 saturated heterocycles. The van der Waals surface area contributed by atoms with Crippen molar-refractivity contribution < 1.29 is 29.0 Å². The number of carbonyl (C=O) groups excluding carboxylic acids is 3. The van der Waals surface area contributed by atoms with E-state index < -0.39 is 30.3 Å². The molecule has 1 aliphatic rings. The summed E-state index contributed by atoms with van der Waals surface area (Å²) < 4.78 is 11.8. The van der Waals surface area contributed by atoms with E-state index in [0.29, 0.717) is 6.54 Å². The average Bonchev–Trinajstić information content (AvgIpc) is 3.49. The Morgan fingerprint density at radius 2 is 1.65 bits per heavy atom. The van der Waals surface area contributed by atoms with Gasteiger partial charge >= 0.3 is 0 Å². The van der Waals surface area contributed by atoms with Crippen LogP contribution in [0.15, 0.2) is 30.3 Å². The van der Waals surface area contributed by atoms with Gasteiger partial charge in [-0.3, -0.25) is 14.4 Å². The summed E-state index contributed by atoms with van der Waals surface area (Å²) in [6, 6.07) is 8.20. The van der Waals surface area contributed by atoms with Crippen LogP contribution in [0.4, 0.5) is 0 Å². The number of hydrogen-bond donors (Lipinski definition) is 2. The van der Waals surface area contributed by atoms with E-state index in [1.54, 1.807) is 33.0 Å². The summed E-state index contributed by atoms with van der Waals surface area (Å²) in [6.45, 7) is 14.4. The van der Waals surface area contributed by atoms with Crippen molar-refractivity contribution in [3.63, 3.8) is 0 Å². The third kappa shape index (κ3) is 9.25. The van der Waals surface area contributed by atoms with Crippen molar-refractivity contribution in [3.05, 3.63) is 35.9 Å². The van der Waals surface area contributed by atoms with E-state index in [1.165, 1.54) is 0 Å². The molecular weight excluding hydrogens is 546 g/mol. The van der Waals surface area contributed by atoms with Crippen molar-refractivity contribution in [3.8, 4) is 0 Å². The van der Waals surface area contributed by atoms with Crippen LogP contribution in [0.1, 0.15) is 85.8 Å². The molecule has 2 rings (SSSR count). The van der Waals surface area contributed by atoms with Gasteiger partial charge in [0.2, 0.25) is 17.7 Å². The molecule has 1 aromatic carbocycles. The molecule has 244 valence electrons. The molecule has 0 radical (unpaired) electrons. The Hall–Kier alpha value is -2.49. The fourth-order valence-electron chi connectivity index (χ4n) is 6.29. The summed E-state index contributed by atoms with van der Waals surface area (Å²) in [4.78, 5) is 44.1. The zero-order valence-corrected chi connectivity index (χ0v) is 28.1. The van der Waals surface area contributed by atoms with Gasteiger partial charge in [-0.05, 0) is 37.2 Å². The number of benzene rings is 1. The van der Waals surface area contributed by atoms with Gasteiger partial charge in [-0.15, -0.1) is 0 Å². The molecule has 0 spiro atoms. The lowest BCUT2D eigenvalue weighted by Gasteiger charge is -2.40. The van der Waals surface area contributed by atoms with Crippen LogP contribution < -0.4 is 5.32 Å². The van der Waals surface area contributed by atoms with Gasteiger partial charge in [0.25, 0.3) is 0 Å². The number of nitrogens with zero attached hydrogens (tertiary/aromatic N) is 2. The zero-order chi connectivity index (χ0) is 32.4. The Bertz CT molecular complexity index is 1020. The van der Waals surface area contributed by atoms with E-state index in [-0.39, 0.29) is 54.0 Å². The summed E-state index contributed by atoms with van der Waals surface area (Å²) in [6.07, 6.45) is 0.669. The number of aliphatic hydroxyl groups excluding tert-OH is 1. The van der Waals surface area contributed by atoms with Crippen LogP contribution in [-0.2, 0) is 23.9 Å². The van der Waals surface area contributed by atoms with Crippen LogP contribution in [0.5, 0.6) is 0 Å². The molecule has 0 saturated carbocycles. The number of likely N-dealkylation sites (N-methyl/N-ethyl adjacent to an activating group) is 1. The van der Waals surface area contributed by atoms with Gasteiger partial charge in [0.05, 0.1) is 48.8 Å². The number of hydrogen-bond acceptors (Lipinski definition) is 6. The summed E-state index contributed by atoms with van der Waals surface area (Å²) in [5.74, 6) is -0.609. The van der Waals surface area contributed by atoms with Gasteiger partial charge in [-0.25, -0.2) is 0 Å². The fraction of sp³-hybridized carbons (Fsp3) is 0.735. The van der Waals surface area contributed by atoms with Gasteiger partial charge in [0, 0.05) is 33.7 Å². The number of nitrogens with one attached hydrogen (secondary N) is 1. The average molecular weight is 604 g/mol. The second kappa shape index (κ2) is 17.1. The Balaban J connectivity index is 2.17. The first-order valence-electron chi connectivity index (χ1n) is 16.0. The molecule has 6 unspecified atom stereocenters. The highest BCUT2D eigenvalue weighted by Crippen LogP contribution is 2.30. The molecule has 1 aliphatic heterocycles. The highest BCUT2D eigenvalue weighted by molar-refractivity contribution is 5.81. The molecular formula is C34H57N3O6. The van der Waals surface area contributed by atoms with Crippen LogP contribution in [0.3, 0.4) is 0 Å². The van der Waals surface area contributed by atoms with Crippen molar-refractivity contribution in [2.45, 2.75) is 111 Å². The minimum absolute atomic E-state index is 0.0553. The summed E-state index contributed by atoms with van der Waals surface area (Å²) in [5.41, 5.74) is 0.730. The van der Waals surface area contributed by atoms with Gasteiger partial charge in [-0.1, -0.05) is 78.3 Å². The minimum atomic E-state index is -0.846. The number of carbonyl (C=O) groups is 3. The SMILES string of the molecule is CCC(C)[C@@H](C(CC(=O)N1CCC[C@H]1C(OC)C(C)C(=O)NC(C)C(O)c1ccccc1)OC)N(C)C(=O)[C@@H](C)C(C)C. The Morgan fingerprint density at radius 3 is 2.19 bits per heavy atom. The normalized spacial score (nSPS) is 20.9. The number of amides is 3. The highest BCUT2D eigenvalue weighted by atomic mass is 16.5. The topological polar surface area (TPSA) is 108 Å². The lowest BCUT2D eigenvalue weighted by Crippen LogP contribution is -2.54. The molecule has 1 heterocycles. The molecule has 9 heteroatoms. The van der Waals surface area contributed by atoms with Gasteiger partial charge in [0.15, 0.2) is 0 Å². The van der Waals surface area contributed by atoms with Gasteiger partial charge < -0.3 is 29.7 Å². The molecule has 0 aromatic heterocycles. The number of rotatable bonds is 16. The van der Waals surface area contributed by atoms with Gasteiger partial charge in [0.1, 0.15) is 0 Å². The van der Waals surface area contributed by atoms with E-state index >= 15 is 0 Å². The molecule has 0 aliphatic carbocycles. The Kier molecular flexibility index (Phi) is 14.6.